The number of halogens is 2. The molecule has 0 N–H and O–H groups in total. The van der Waals surface area contributed by atoms with Crippen molar-refractivity contribution in [2.45, 2.75) is 0 Å². The van der Waals surface area contributed by atoms with Crippen molar-refractivity contribution in [1.82, 2.24) is 0 Å². The van der Waals surface area contributed by atoms with Crippen molar-refractivity contribution in [2.75, 3.05) is 13.7 Å². The van der Waals surface area contributed by atoms with Crippen LogP contribution in [0.3, 0.4) is 0 Å². The number of rotatable bonds is 3. The summed E-state index contributed by atoms with van der Waals surface area (Å²) in [4.78, 5) is 11.0. The number of methoxy groups -OCH3 is 1. The van der Waals surface area contributed by atoms with Crippen LogP contribution in [0.2, 0.25) is 0 Å². The van der Waals surface area contributed by atoms with Gasteiger partial charge in [-0.3, -0.25) is 0 Å². The molecule has 0 radical (unpaired) electrons. The van der Waals surface area contributed by atoms with Gasteiger partial charge in [0.05, 0.1) is 4.47 Å². The quantitative estimate of drug-likeness (QED) is 0.619. The molecule has 0 aliphatic rings. The molecule has 0 aliphatic carbocycles. The number of hydrogen-bond donors (Lipinski definition) is 0. The topological polar surface area (TPSA) is 35.5 Å². The Balaban J connectivity index is 2.75. The number of carbonyl (C=O) groups is 1. The first-order chi connectivity index (χ1) is 6.63. The van der Waals surface area contributed by atoms with Gasteiger partial charge in [0.25, 0.3) is 0 Å². The van der Waals surface area contributed by atoms with Gasteiger partial charge in [-0.1, -0.05) is 0 Å². The van der Waals surface area contributed by atoms with E-state index in [1.165, 1.54) is 19.2 Å². The fourth-order valence-corrected chi connectivity index (χ4v) is 1.15. The standard InChI is InChI=1S/C9H8BrFO3/c1-13-5-9(12)14-8-4-6(11)2-3-7(8)10/h2-4H,5H2,1H3. The molecule has 0 saturated heterocycles. The van der Waals surface area contributed by atoms with E-state index in [4.69, 9.17) is 4.74 Å². The van der Waals surface area contributed by atoms with Crippen molar-refractivity contribution in [3.05, 3.63) is 28.5 Å². The second kappa shape index (κ2) is 5.07. The van der Waals surface area contributed by atoms with E-state index in [1.807, 2.05) is 0 Å². The van der Waals surface area contributed by atoms with Crippen LogP contribution in [-0.2, 0) is 9.53 Å². The van der Waals surface area contributed by atoms with E-state index in [2.05, 4.69) is 20.7 Å². The van der Waals surface area contributed by atoms with Crippen LogP contribution in [0.1, 0.15) is 0 Å². The summed E-state index contributed by atoms with van der Waals surface area (Å²) in [6, 6.07) is 3.85. The molecule has 1 rings (SSSR count). The maximum absolute atomic E-state index is 12.7. The lowest BCUT2D eigenvalue weighted by Gasteiger charge is -2.05. The van der Waals surface area contributed by atoms with Gasteiger partial charge in [-0.15, -0.1) is 0 Å². The van der Waals surface area contributed by atoms with Crippen molar-refractivity contribution < 1.29 is 18.7 Å². The van der Waals surface area contributed by atoms with E-state index in [1.54, 1.807) is 0 Å². The molecule has 0 saturated carbocycles. The zero-order valence-corrected chi connectivity index (χ0v) is 9.01. The normalized spacial score (nSPS) is 9.93. The molecule has 1 aromatic rings. The van der Waals surface area contributed by atoms with Crippen LogP contribution in [0.5, 0.6) is 5.75 Å². The summed E-state index contributed by atoms with van der Waals surface area (Å²) < 4.78 is 22.6. The van der Waals surface area contributed by atoms with Crippen LogP contribution in [0, 0.1) is 5.82 Å². The van der Waals surface area contributed by atoms with Gasteiger partial charge < -0.3 is 9.47 Å². The highest BCUT2D eigenvalue weighted by Crippen LogP contribution is 2.25. The lowest BCUT2D eigenvalue weighted by molar-refractivity contribution is -0.138. The Kier molecular flexibility index (Phi) is 4.03. The largest absolute Gasteiger partial charge is 0.424 e. The Morgan fingerprint density at radius 1 is 1.57 bits per heavy atom. The Hall–Kier alpha value is -0.940. The fourth-order valence-electron chi connectivity index (χ4n) is 0.825. The third kappa shape index (κ3) is 3.08. The van der Waals surface area contributed by atoms with E-state index in [0.717, 1.165) is 6.07 Å². The lowest BCUT2D eigenvalue weighted by atomic mass is 10.3. The minimum atomic E-state index is -0.571. The van der Waals surface area contributed by atoms with Crippen molar-refractivity contribution in [1.29, 1.82) is 0 Å². The van der Waals surface area contributed by atoms with Crippen LogP contribution in [-0.4, -0.2) is 19.7 Å². The molecule has 76 valence electrons. The third-order valence-electron chi connectivity index (χ3n) is 1.38. The van der Waals surface area contributed by atoms with Crippen molar-refractivity contribution in [3.8, 4) is 5.75 Å². The molecule has 0 spiro atoms. The number of benzene rings is 1. The monoisotopic (exact) mass is 262 g/mol. The van der Waals surface area contributed by atoms with E-state index in [9.17, 15) is 9.18 Å². The summed E-state index contributed by atoms with van der Waals surface area (Å²) in [6.07, 6.45) is 0. The van der Waals surface area contributed by atoms with E-state index >= 15 is 0 Å². The summed E-state index contributed by atoms with van der Waals surface area (Å²) in [5, 5.41) is 0. The first-order valence-corrected chi connectivity index (χ1v) is 4.57. The Bertz CT molecular complexity index is 341. The highest BCUT2D eigenvalue weighted by atomic mass is 79.9. The van der Waals surface area contributed by atoms with Gasteiger partial charge in [0.2, 0.25) is 0 Å². The summed E-state index contributed by atoms with van der Waals surface area (Å²) in [7, 11) is 1.38. The van der Waals surface area contributed by atoms with Crippen molar-refractivity contribution >= 4 is 21.9 Å². The highest BCUT2D eigenvalue weighted by Gasteiger charge is 2.08. The SMILES string of the molecule is COCC(=O)Oc1cc(F)ccc1Br. The molecular formula is C9H8BrFO3. The third-order valence-corrected chi connectivity index (χ3v) is 2.03. The van der Waals surface area contributed by atoms with Crippen molar-refractivity contribution in [3.63, 3.8) is 0 Å². The molecule has 0 atom stereocenters. The van der Waals surface area contributed by atoms with E-state index < -0.39 is 11.8 Å². The van der Waals surface area contributed by atoms with E-state index in [0.29, 0.717) is 4.47 Å². The van der Waals surface area contributed by atoms with Gasteiger partial charge in [-0.2, -0.15) is 0 Å². The first-order valence-electron chi connectivity index (χ1n) is 3.78. The number of ether oxygens (including phenoxy) is 2. The molecule has 0 aliphatic heterocycles. The molecule has 0 bridgehead atoms. The average molecular weight is 263 g/mol. The molecule has 3 nitrogen and oxygen atoms in total. The zero-order chi connectivity index (χ0) is 10.6. The molecule has 0 unspecified atom stereocenters. The minimum Gasteiger partial charge on any atom is -0.424 e. The first kappa shape index (κ1) is 11.1. The Morgan fingerprint density at radius 2 is 2.29 bits per heavy atom. The number of esters is 1. The molecule has 5 heteroatoms. The summed E-state index contributed by atoms with van der Waals surface area (Å²) in [6.45, 7) is -0.164. The van der Waals surface area contributed by atoms with Gasteiger partial charge >= 0.3 is 5.97 Å². The summed E-state index contributed by atoms with van der Waals surface area (Å²) >= 11 is 3.13. The van der Waals surface area contributed by atoms with Gasteiger partial charge in [0.1, 0.15) is 18.2 Å². The van der Waals surface area contributed by atoms with Crippen LogP contribution in [0.25, 0.3) is 0 Å². The van der Waals surface area contributed by atoms with E-state index in [-0.39, 0.29) is 12.4 Å². The molecule has 0 heterocycles. The minimum absolute atomic E-state index is 0.145. The average Bonchev–Trinajstić information content (AvgIpc) is 2.12. The predicted octanol–water partition coefficient (Wildman–Crippen LogP) is 2.14. The number of hydrogen-bond acceptors (Lipinski definition) is 3. The predicted molar refractivity (Wildman–Crippen MR) is 51.6 cm³/mol. The molecule has 0 fully saturated rings. The van der Waals surface area contributed by atoms with Crippen molar-refractivity contribution in [2.24, 2.45) is 0 Å². The molecule has 0 aromatic heterocycles. The van der Waals surface area contributed by atoms with Gasteiger partial charge in [-0.05, 0) is 28.1 Å². The van der Waals surface area contributed by atoms with Crippen LogP contribution in [0.15, 0.2) is 22.7 Å². The van der Waals surface area contributed by atoms with Crippen LogP contribution in [0.4, 0.5) is 4.39 Å². The van der Waals surface area contributed by atoms with Gasteiger partial charge in [0.15, 0.2) is 0 Å². The van der Waals surface area contributed by atoms with Crippen LogP contribution >= 0.6 is 15.9 Å². The molecular weight excluding hydrogens is 255 g/mol. The molecule has 0 amide bonds. The van der Waals surface area contributed by atoms with Gasteiger partial charge in [0, 0.05) is 13.2 Å². The highest BCUT2D eigenvalue weighted by molar-refractivity contribution is 9.10. The zero-order valence-electron chi connectivity index (χ0n) is 7.42. The Morgan fingerprint density at radius 3 is 2.93 bits per heavy atom. The summed E-state index contributed by atoms with van der Waals surface area (Å²) in [5.41, 5.74) is 0. The number of carbonyl (C=O) groups excluding carboxylic acids is 1. The Labute approximate surface area is 88.9 Å². The smallest absolute Gasteiger partial charge is 0.337 e. The molecule has 14 heavy (non-hydrogen) atoms. The van der Waals surface area contributed by atoms with Crippen LogP contribution < -0.4 is 4.74 Å². The fraction of sp³-hybridized carbons (Fsp3) is 0.222. The second-order valence-electron chi connectivity index (χ2n) is 2.48. The summed E-state index contributed by atoms with van der Waals surface area (Å²) in [5.74, 6) is -0.890. The van der Waals surface area contributed by atoms with Gasteiger partial charge in [-0.25, -0.2) is 9.18 Å². The maximum atomic E-state index is 12.7. The lowest BCUT2D eigenvalue weighted by Crippen LogP contribution is -2.14. The maximum Gasteiger partial charge on any atom is 0.337 e. The second-order valence-corrected chi connectivity index (χ2v) is 3.34. The molecule has 1 aromatic carbocycles.